The Balaban J connectivity index is 2.21. The molecule has 1 rings (SSSR count). The number of nitrogens with zero attached hydrogens (tertiary/aromatic N) is 1. The van der Waals surface area contributed by atoms with Crippen LogP contribution in [0.1, 0.15) is 58.8 Å². The molecule has 1 unspecified atom stereocenters. The summed E-state index contributed by atoms with van der Waals surface area (Å²) in [5.74, 6) is 0.884. The standard InChI is InChI=1S/C15H32N2/c1-5-7-9-14(6-2)12-16-13-15(17(3)4)10-8-11-15/h14,16H,5-13H2,1-4H3. The predicted octanol–water partition coefficient (Wildman–Crippen LogP) is 3.28. The normalized spacial score (nSPS) is 20.3. The Morgan fingerprint density at radius 3 is 2.35 bits per heavy atom. The Morgan fingerprint density at radius 2 is 1.94 bits per heavy atom. The van der Waals surface area contributed by atoms with E-state index in [1.807, 2.05) is 0 Å². The van der Waals surface area contributed by atoms with E-state index in [-0.39, 0.29) is 0 Å². The molecular formula is C15H32N2. The number of hydrogen-bond acceptors (Lipinski definition) is 2. The minimum absolute atomic E-state index is 0.475. The van der Waals surface area contributed by atoms with E-state index in [4.69, 9.17) is 0 Å². The van der Waals surface area contributed by atoms with Gasteiger partial charge in [-0.1, -0.05) is 33.1 Å². The summed E-state index contributed by atoms with van der Waals surface area (Å²) < 4.78 is 0. The van der Waals surface area contributed by atoms with Crippen LogP contribution in [0.15, 0.2) is 0 Å². The molecule has 2 nitrogen and oxygen atoms in total. The Hall–Kier alpha value is -0.0800. The molecule has 0 aromatic carbocycles. The van der Waals surface area contributed by atoms with Crippen molar-refractivity contribution >= 4 is 0 Å². The molecule has 1 N–H and O–H groups in total. The van der Waals surface area contributed by atoms with Gasteiger partial charge in [0.1, 0.15) is 0 Å². The van der Waals surface area contributed by atoms with E-state index in [1.54, 1.807) is 0 Å². The minimum Gasteiger partial charge on any atom is -0.315 e. The van der Waals surface area contributed by atoms with E-state index in [1.165, 1.54) is 58.0 Å². The average Bonchev–Trinajstić information content (AvgIpc) is 2.25. The lowest BCUT2D eigenvalue weighted by molar-refractivity contribution is 0.0590. The lowest BCUT2D eigenvalue weighted by atomic mass is 9.75. The van der Waals surface area contributed by atoms with E-state index in [9.17, 15) is 0 Å². The van der Waals surface area contributed by atoms with Crippen LogP contribution in [-0.2, 0) is 0 Å². The Kier molecular flexibility index (Phi) is 6.50. The van der Waals surface area contributed by atoms with Crippen molar-refractivity contribution in [3.8, 4) is 0 Å². The summed E-state index contributed by atoms with van der Waals surface area (Å²) in [5, 5.41) is 3.73. The van der Waals surface area contributed by atoms with Gasteiger partial charge in [-0.25, -0.2) is 0 Å². The van der Waals surface area contributed by atoms with Crippen LogP contribution in [0.25, 0.3) is 0 Å². The lowest BCUT2D eigenvalue weighted by Gasteiger charge is -2.47. The molecule has 0 aliphatic heterocycles. The van der Waals surface area contributed by atoms with Crippen LogP contribution < -0.4 is 5.32 Å². The van der Waals surface area contributed by atoms with Gasteiger partial charge in [0.25, 0.3) is 0 Å². The summed E-state index contributed by atoms with van der Waals surface area (Å²) in [5.41, 5.74) is 0.475. The fourth-order valence-corrected chi connectivity index (χ4v) is 2.82. The largest absolute Gasteiger partial charge is 0.315 e. The van der Waals surface area contributed by atoms with E-state index in [0.717, 1.165) is 5.92 Å². The Morgan fingerprint density at radius 1 is 1.24 bits per heavy atom. The van der Waals surface area contributed by atoms with Crippen molar-refractivity contribution in [2.24, 2.45) is 5.92 Å². The maximum Gasteiger partial charge on any atom is 0.0327 e. The van der Waals surface area contributed by atoms with E-state index < -0.39 is 0 Å². The molecule has 1 aliphatic carbocycles. The van der Waals surface area contributed by atoms with Gasteiger partial charge in [-0.2, -0.15) is 0 Å². The summed E-state index contributed by atoms with van der Waals surface area (Å²) in [6.45, 7) is 7.01. The second kappa shape index (κ2) is 7.38. The summed E-state index contributed by atoms with van der Waals surface area (Å²) in [4.78, 5) is 2.43. The zero-order valence-electron chi connectivity index (χ0n) is 12.4. The first kappa shape index (κ1) is 15.0. The quantitative estimate of drug-likeness (QED) is 0.665. The molecule has 0 aromatic rings. The second-order valence-corrected chi connectivity index (χ2v) is 6.02. The van der Waals surface area contributed by atoms with Crippen LogP contribution >= 0.6 is 0 Å². The van der Waals surface area contributed by atoms with Crippen molar-refractivity contribution < 1.29 is 0 Å². The molecule has 17 heavy (non-hydrogen) atoms. The topological polar surface area (TPSA) is 15.3 Å². The van der Waals surface area contributed by atoms with Gasteiger partial charge in [0.05, 0.1) is 0 Å². The monoisotopic (exact) mass is 240 g/mol. The minimum atomic E-state index is 0.475. The van der Waals surface area contributed by atoms with Crippen LogP contribution in [0.5, 0.6) is 0 Å². The first-order valence-corrected chi connectivity index (χ1v) is 7.52. The summed E-state index contributed by atoms with van der Waals surface area (Å²) in [6.07, 6.45) is 9.60. The smallest absolute Gasteiger partial charge is 0.0327 e. The second-order valence-electron chi connectivity index (χ2n) is 6.02. The molecule has 102 valence electrons. The predicted molar refractivity (Wildman–Crippen MR) is 76.4 cm³/mol. The van der Waals surface area contributed by atoms with Gasteiger partial charge in [0, 0.05) is 12.1 Å². The average molecular weight is 240 g/mol. The number of unbranched alkanes of at least 4 members (excludes halogenated alkanes) is 1. The van der Waals surface area contributed by atoms with Gasteiger partial charge in [0.15, 0.2) is 0 Å². The van der Waals surface area contributed by atoms with Crippen LogP contribution in [0.2, 0.25) is 0 Å². The highest BCUT2D eigenvalue weighted by Gasteiger charge is 2.38. The van der Waals surface area contributed by atoms with Crippen LogP contribution in [0.3, 0.4) is 0 Å². The highest BCUT2D eigenvalue weighted by Crippen LogP contribution is 2.35. The number of nitrogens with one attached hydrogen (secondary N) is 1. The van der Waals surface area contributed by atoms with Gasteiger partial charge in [-0.05, 0) is 52.2 Å². The maximum atomic E-state index is 3.73. The van der Waals surface area contributed by atoms with Gasteiger partial charge in [0.2, 0.25) is 0 Å². The first-order chi connectivity index (χ1) is 8.14. The first-order valence-electron chi connectivity index (χ1n) is 7.52. The van der Waals surface area contributed by atoms with Crippen LogP contribution in [0, 0.1) is 5.92 Å². The van der Waals surface area contributed by atoms with E-state index in [0.29, 0.717) is 5.54 Å². The highest BCUT2D eigenvalue weighted by atomic mass is 15.2. The number of likely N-dealkylation sites (N-methyl/N-ethyl adjacent to an activating group) is 1. The zero-order valence-corrected chi connectivity index (χ0v) is 12.4. The third-order valence-electron chi connectivity index (χ3n) is 4.66. The SMILES string of the molecule is CCCCC(CC)CNCC1(N(C)C)CCC1. The molecule has 1 fully saturated rings. The van der Waals surface area contributed by atoms with Gasteiger partial charge < -0.3 is 10.2 Å². The molecule has 0 radical (unpaired) electrons. The maximum absolute atomic E-state index is 3.73. The molecule has 1 atom stereocenters. The van der Waals surface area contributed by atoms with E-state index in [2.05, 4.69) is 38.2 Å². The number of hydrogen-bond donors (Lipinski definition) is 1. The zero-order chi connectivity index (χ0) is 12.7. The molecule has 0 saturated heterocycles. The van der Waals surface area contributed by atoms with Gasteiger partial charge in [-0.15, -0.1) is 0 Å². The highest BCUT2D eigenvalue weighted by molar-refractivity contribution is 4.97. The summed E-state index contributed by atoms with van der Waals surface area (Å²) in [6, 6.07) is 0. The van der Waals surface area contributed by atoms with Crippen molar-refractivity contribution in [1.82, 2.24) is 10.2 Å². The van der Waals surface area contributed by atoms with E-state index >= 15 is 0 Å². The molecule has 2 heteroatoms. The van der Waals surface area contributed by atoms with Crippen molar-refractivity contribution in [2.45, 2.75) is 64.3 Å². The Bertz CT molecular complexity index is 197. The molecule has 0 aromatic heterocycles. The Labute approximate surface area is 108 Å². The fourth-order valence-electron chi connectivity index (χ4n) is 2.82. The molecule has 0 heterocycles. The van der Waals surface area contributed by atoms with Crippen molar-refractivity contribution in [2.75, 3.05) is 27.2 Å². The van der Waals surface area contributed by atoms with Gasteiger partial charge in [-0.3, -0.25) is 0 Å². The third-order valence-corrected chi connectivity index (χ3v) is 4.66. The van der Waals surface area contributed by atoms with Crippen molar-refractivity contribution in [1.29, 1.82) is 0 Å². The fraction of sp³-hybridized carbons (Fsp3) is 1.00. The summed E-state index contributed by atoms with van der Waals surface area (Å²) >= 11 is 0. The molecule has 0 amide bonds. The third kappa shape index (κ3) is 4.26. The van der Waals surface area contributed by atoms with Crippen LogP contribution in [-0.4, -0.2) is 37.6 Å². The molecule has 1 saturated carbocycles. The molecular weight excluding hydrogens is 208 g/mol. The summed E-state index contributed by atoms with van der Waals surface area (Å²) in [7, 11) is 4.46. The van der Waals surface area contributed by atoms with Crippen molar-refractivity contribution in [3.63, 3.8) is 0 Å². The molecule has 0 spiro atoms. The van der Waals surface area contributed by atoms with Crippen molar-refractivity contribution in [3.05, 3.63) is 0 Å². The van der Waals surface area contributed by atoms with Gasteiger partial charge >= 0.3 is 0 Å². The molecule has 1 aliphatic rings. The molecule has 0 bridgehead atoms. The van der Waals surface area contributed by atoms with Crippen LogP contribution in [0.4, 0.5) is 0 Å². The number of rotatable bonds is 9. The lowest BCUT2D eigenvalue weighted by Crippen LogP contribution is -2.56.